The summed E-state index contributed by atoms with van der Waals surface area (Å²) in [7, 11) is 0. The molecule has 2 aromatic heterocycles. The smallest absolute Gasteiger partial charge is 0.272 e. The Bertz CT molecular complexity index is 1360. The Morgan fingerprint density at radius 1 is 1.09 bits per heavy atom. The van der Waals surface area contributed by atoms with E-state index in [-0.39, 0.29) is 17.4 Å². The molecule has 1 fully saturated rings. The molecule has 2 aromatic carbocycles. The minimum absolute atomic E-state index is 0.0419. The fraction of sp³-hybridized carbons (Fsp3) is 0.292. The lowest BCUT2D eigenvalue weighted by atomic mass is 10.1. The van der Waals surface area contributed by atoms with Gasteiger partial charge in [0.1, 0.15) is 5.69 Å². The quantitative estimate of drug-likeness (QED) is 0.480. The van der Waals surface area contributed by atoms with Crippen LogP contribution < -0.4 is 10.5 Å². The molecule has 0 aliphatic carbocycles. The molecule has 1 unspecified atom stereocenters. The molecule has 1 atom stereocenters. The van der Waals surface area contributed by atoms with E-state index in [1.54, 1.807) is 16.4 Å². The summed E-state index contributed by atoms with van der Waals surface area (Å²) in [5.74, 6) is 0.784. The van der Waals surface area contributed by atoms with Gasteiger partial charge in [-0.2, -0.15) is 4.98 Å². The van der Waals surface area contributed by atoms with Crippen molar-refractivity contribution >= 4 is 22.6 Å². The van der Waals surface area contributed by atoms with Crippen LogP contribution in [0.4, 0.5) is 5.69 Å². The van der Waals surface area contributed by atoms with Crippen LogP contribution in [0.25, 0.3) is 22.4 Å². The van der Waals surface area contributed by atoms with E-state index < -0.39 is 0 Å². The summed E-state index contributed by atoms with van der Waals surface area (Å²) < 4.78 is 7.29. The number of carbonyl (C=O) groups excluding carboxylic acids is 1. The first-order valence-corrected chi connectivity index (χ1v) is 10.8. The molecule has 0 N–H and O–H groups in total. The Morgan fingerprint density at radius 2 is 1.91 bits per heavy atom. The summed E-state index contributed by atoms with van der Waals surface area (Å²) in [6.07, 6.45) is 1.19. The van der Waals surface area contributed by atoms with Gasteiger partial charge in [0.2, 0.25) is 17.6 Å². The number of aryl methyl sites for hydroxylation is 2. The van der Waals surface area contributed by atoms with Gasteiger partial charge in [-0.3, -0.25) is 9.59 Å². The van der Waals surface area contributed by atoms with Gasteiger partial charge in [0.25, 0.3) is 5.56 Å². The van der Waals surface area contributed by atoms with Gasteiger partial charge in [0.05, 0.1) is 17.0 Å². The van der Waals surface area contributed by atoms with Crippen LogP contribution >= 0.6 is 0 Å². The zero-order valence-corrected chi connectivity index (χ0v) is 18.0. The standard InChI is InChI=1S/C24H23N5O3/c1-3-11-28-20-10-9-16(12-19(20)25-15(2)24(28)31)22-26-23(32-27-22)17-13-21(30)29(14-17)18-7-5-4-6-8-18/h4-10,12,17H,3,11,13-14H2,1-2H3. The number of aromatic nitrogens is 4. The van der Waals surface area contributed by atoms with Gasteiger partial charge < -0.3 is 14.0 Å². The van der Waals surface area contributed by atoms with Crippen molar-refractivity contribution in [2.24, 2.45) is 0 Å². The summed E-state index contributed by atoms with van der Waals surface area (Å²) >= 11 is 0. The van der Waals surface area contributed by atoms with E-state index in [2.05, 4.69) is 15.1 Å². The highest BCUT2D eigenvalue weighted by Crippen LogP contribution is 2.32. The predicted molar refractivity (Wildman–Crippen MR) is 120 cm³/mol. The average Bonchev–Trinajstić information content (AvgIpc) is 3.44. The lowest BCUT2D eigenvalue weighted by Gasteiger charge is -2.15. The number of para-hydroxylation sites is 1. The maximum atomic E-state index is 12.5. The Hall–Kier alpha value is -3.81. The van der Waals surface area contributed by atoms with Crippen molar-refractivity contribution in [2.75, 3.05) is 11.4 Å². The second kappa shape index (κ2) is 8.03. The molecule has 1 amide bonds. The van der Waals surface area contributed by atoms with Crippen LogP contribution in [0.1, 0.15) is 37.3 Å². The minimum Gasteiger partial charge on any atom is -0.339 e. The first-order valence-electron chi connectivity index (χ1n) is 10.8. The van der Waals surface area contributed by atoms with Crippen molar-refractivity contribution in [3.8, 4) is 11.4 Å². The molecule has 0 saturated carbocycles. The number of rotatable bonds is 5. The Morgan fingerprint density at radius 3 is 2.69 bits per heavy atom. The summed E-state index contributed by atoms with van der Waals surface area (Å²) in [6, 6.07) is 15.2. The van der Waals surface area contributed by atoms with Crippen LogP contribution in [0.2, 0.25) is 0 Å². The minimum atomic E-state index is -0.153. The zero-order chi connectivity index (χ0) is 22.2. The molecule has 162 valence electrons. The highest BCUT2D eigenvalue weighted by Gasteiger charge is 2.35. The molecular weight excluding hydrogens is 406 g/mol. The number of carbonyl (C=O) groups is 1. The van der Waals surface area contributed by atoms with Crippen molar-refractivity contribution < 1.29 is 9.32 Å². The van der Waals surface area contributed by atoms with E-state index in [1.807, 2.05) is 55.5 Å². The third-order valence-corrected chi connectivity index (χ3v) is 5.80. The molecule has 0 radical (unpaired) electrons. The summed E-state index contributed by atoms with van der Waals surface area (Å²) in [5, 5.41) is 4.15. The average molecular weight is 429 g/mol. The molecular formula is C24H23N5O3. The Balaban J connectivity index is 1.44. The first kappa shape index (κ1) is 20.1. The van der Waals surface area contributed by atoms with Crippen LogP contribution in [0.15, 0.2) is 57.8 Å². The molecule has 32 heavy (non-hydrogen) atoms. The molecule has 4 aromatic rings. The van der Waals surface area contributed by atoms with E-state index in [4.69, 9.17) is 4.52 Å². The second-order valence-electron chi connectivity index (χ2n) is 8.05. The van der Waals surface area contributed by atoms with Crippen molar-refractivity contribution in [3.63, 3.8) is 0 Å². The monoisotopic (exact) mass is 429 g/mol. The number of amides is 1. The van der Waals surface area contributed by atoms with Gasteiger partial charge in [0, 0.05) is 30.8 Å². The van der Waals surface area contributed by atoms with Gasteiger partial charge in [-0.1, -0.05) is 30.3 Å². The third-order valence-electron chi connectivity index (χ3n) is 5.80. The van der Waals surface area contributed by atoms with Crippen LogP contribution in [0.5, 0.6) is 0 Å². The molecule has 0 spiro atoms. The topological polar surface area (TPSA) is 94.1 Å². The molecule has 1 saturated heterocycles. The maximum absolute atomic E-state index is 12.5. The molecule has 8 nitrogen and oxygen atoms in total. The van der Waals surface area contributed by atoms with Crippen molar-refractivity contribution in [1.82, 2.24) is 19.7 Å². The van der Waals surface area contributed by atoms with Gasteiger partial charge in [0.15, 0.2) is 0 Å². The molecule has 0 bridgehead atoms. The van der Waals surface area contributed by atoms with E-state index in [0.717, 1.165) is 23.2 Å². The number of benzene rings is 2. The van der Waals surface area contributed by atoms with E-state index in [0.29, 0.717) is 42.4 Å². The molecule has 8 heteroatoms. The van der Waals surface area contributed by atoms with Crippen LogP contribution in [0.3, 0.4) is 0 Å². The van der Waals surface area contributed by atoms with Gasteiger partial charge >= 0.3 is 0 Å². The van der Waals surface area contributed by atoms with Crippen molar-refractivity contribution in [3.05, 3.63) is 70.5 Å². The highest BCUT2D eigenvalue weighted by atomic mass is 16.5. The number of hydrogen-bond donors (Lipinski definition) is 0. The van der Waals surface area contributed by atoms with Gasteiger partial charge in [-0.25, -0.2) is 4.98 Å². The second-order valence-corrected chi connectivity index (χ2v) is 8.05. The summed E-state index contributed by atoms with van der Waals surface area (Å²) in [4.78, 5) is 35.8. The fourth-order valence-corrected chi connectivity index (χ4v) is 4.21. The van der Waals surface area contributed by atoms with E-state index in [1.165, 1.54) is 0 Å². The lowest BCUT2D eigenvalue weighted by molar-refractivity contribution is -0.117. The van der Waals surface area contributed by atoms with E-state index in [9.17, 15) is 9.59 Å². The molecule has 1 aliphatic rings. The molecule has 5 rings (SSSR count). The first-order chi connectivity index (χ1) is 15.5. The van der Waals surface area contributed by atoms with Gasteiger partial charge in [-0.05, 0) is 43.7 Å². The van der Waals surface area contributed by atoms with Crippen LogP contribution in [0, 0.1) is 6.92 Å². The highest BCUT2D eigenvalue weighted by molar-refractivity contribution is 5.96. The maximum Gasteiger partial charge on any atom is 0.272 e. The Labute approximate surface area is 184 Å². The number of anilines is 1. The summed E-state index contributed by atoms with van der Waals surface area (Å²) in [5.41, 5.74) is 3.52. The third kappa shape index (κ3) is 3.47. The number of hydrogen-bond acceptors (Lipinski definition) is 6. The molecule has 1 aliphatic heterocycles. The normalized spacial score (nSPS) is 16.2. The lowest BCUT2D eigenvalue weighted by Crippen LogP contribution is -2.24. The molecule has 3 heterocycles. The number of nitrogens with zero attached hydrogens (tertiary/aromatic N) is 5. The van der Waals surface area contributed by atoms with Crippen LogP contribution in [-0.4, -0.2) is 32.1 Å². The largest absolute Gasteiger partial charge is 0.339 e. The van der Waals surface area contributed by atoms with Crippen LogP contribution in [-0.2, 0) is 11.3 Å². The van der Waals surface area contributed by atoms with E-state index >= 15 is 0 Å². The Kier molecular flexibility index (Phi) is 5.05. The SMILES string of the molecule is CCCn1c(=O)c(C)nc2cc(-c3noc(C4CC(=O)N(c5ccccc5)C4)n3)ccc21. The predicted octanol–water partition coefficient (Wildman–Crippen LogP) is 3.69. The van der Waals surface area contributed by atoms with Crippen molar-refractivity contribution in [2.45, 2.75) is 39.2 Å². The number of fused-ring (bicyclic) bond motifs is 1. The van der Waals surface area contributed by atoms with Crippen molar-refractivity contribution in [1.29, 1.82) is 0 Å². The van der Waals surface area contributed by atoms with Gasteiger partial charge in [-0.15, -0.1) is 0 Å². The zero-order valence-electron chi connectivity index (χ0n) is 18.0. The fourth-order valence-electron chi connectivity index (χ4n) is 4.21. The summed E-state index contributed by atoms with van der Waals surface area (Å²) in [6.45, 7) is 4.91.